The summed E-state index contributed by atoms with van der Waals surface area (Å²) in [5, 5.41) is 6.68. The Morgan fingerprint density at radius 2 is 2.25 bits per heavy atom. The molecule has 1 aromatic carbocycles. The standard InChI is InChI=1S/C15H14ClNO2S/c1-9-7-20-8-12(9)14(16)10-2-3-13-11(6-10)15(18)17-4-5-19-13/h2-3,6-8,14H,4-5H2,1H3,(H,17,18). The maximum Gasteiger partial charge on any atom is 0.255 e. The number of fused-ring (bicyclic) bond motifs is 1. The molecule has 2 heterocycles. The number of aryl methyl sites for hydroxylation is 1. The molecule has 0 saturated carbocycles. The van der Waals surface area contributed by atoms with Crippen LogP contribution in [0.2, 0.25) is 0 Å². The minimum absolute atomic E-state index is 0.106. The van der Waals surface area contributed by atoms with E-state index in [1.807, 2.05) is 25.1 Å². The maximum absolute atomic E-state index is 12.0. The SMILES string of the molecule is Cc1cscc1C(Cl)c1ccc2c(c1)C(=O)NCCO2. The largest absolute Gasteiger partial charge is 0.491 e. The third kappa shape index (κ3) is 2.41. The summed E-state index contributed by atoms with van der Waals surface area (Å²) in [7, 11) is 0. The molecule has 0 saturated heterocycles. The summed E-state index contributed by atoms with van der Waals surface area (Å²) in [6.07, 6.45) is 0. The van der Waals surface area contributed by atoms with Gasteiger partial charge < -0.3 is 10.1 Å². The molecule has 0 spiro atoms. The molecule has 5 heteroatoms. The van der Waals surface area contributed by atoms with E-state index in [2.05, 4.69) is 16.1 Å². The summed E-state index contributed by atoms with van der Waals surface area (Å²) in [5.74, 6) is 0.514. The number of benzene rings is 1. The molecule has 0 bridgehead atoms. The van der Waals surface area contributed by atoms with Crippen molar-refractivity contribution >= 4 is 28.8 Å². The van der Waals surface area contributed by atoms with Crippen molar-refractivity contribution < 1.29 is 9.53 Å². The highest BCUT2D eigenvalue weighted by Gasteiger charge is 2.20. The summed E-state index contributed by atoms with van der Waals surface area (Å²) in [4.78, 5) is 12.0. The normalized spacial score (nSPS) is 15.8. The number of alkyl halides is 1. The first-order valence-electron chi connectivity index (χ1n) is 6.38. The van der Waals surface area contributed by atoms with Crippen LogP contribution < -0.4 is 10.1 Å². The fourth-order valence-electron chi connectivity index (χ4n) is 2.24. The predicted molar refractivity (Wildman–Crippen MR) is 81.0 cm³/mol. The molecule has 3 nitrogen and oxygen atoms in total. The third-order valence-corrected chi connectivity index (χ3v) is 4.72. The van der Waals surface area contributed by atoms with E-state index >= 15 is 0 Å². The Kier molecular flexibility index (Phi) is 3.68. The number of halogens is 1. The highest BCUT2D eigenvalue weighted by atomic mass is 35.5. The monoisotopic (exact) mass is 307 g/mol. The van der Waals surface area contributed by atoms with Gasteiger partial charge in [-0.2, -0.15) is 11.3 Å². The van der Waals surface area contributed by atoms with Gasteiger partial charge in [0.15, 0.2) is 0 Å². The van der Waals surface area contributed by atoms with Crippen molar-refractivity contribution in [1.29, 1.82) is 0 Å². The van der Waals surface area contributed by atoms with Gasteiger partial charge in [0.1, 0.15) is 12.4 Å². The van der Waals surface area contributed by atoms with Gasteiger partial charge in [-0.3, -0.25) is 4.79 Å². The van der Waals surface area contributed by atoms with Crippen molar-refractivity contribution in [3.05, 3.63) is 51.2 Å². The van der Waals surface area contributed by atoms with E-state index < -0.39 is 0 Å². The molecule has 1 N–H and O–H groups in total. The lowest BCUT2D eigenvalue weighted by Crippen LogP contribution is -2.24. The Morgan fingerprint density at radius 1 is 1.40 bits per heavy atom. The Labute approximate surface area is 126 Å². The van der Waals surface area contributed by atoms with Crippen LogP contribution in [0.1, 0.15) is 32.4 Å². The number of carbonyl (C=O) groups excluding carboxylic acids is 1. The van der Waals surface area contributed by atoms with E-state index in [9.17, 15) is 4.79 Å². The van der Waals surface area contributed by atoms with Crippen molar-refractivity contribution in [2.45, 2.75) is 12.3 Å². The Balaban J connectivity index is 2.00. The van der Waals surface area contributed by atoms with Crippen LogP contribution in [0.3, 0.4) is 0 Å². The van der Waals surface area contributed by atoms with Gasteiger partial charge in [0, 0.05) is 0 Å². The van der Waals surface area contributed by atoms with Crippen molar-refractivity contribution in [3.8, 4) is 5.75 Å². The lowest BCUT2D eigenvalue weighted by molar-refractivity contribution is 0.0957. The second-order valence-corrected chi connectivity index (χ2v) is 5.91. The lowest BCUT2D eigenvalue weighted by Gasteiger charge is -2.13. The number of hydrogen-bond donors (Lipinski definition) is 1. The van der Waals surface area contributed by atoms with E-state index in [4.69, 9.17) is 16.3 Å². The zero-order chi connectivity index (χ0) is 14.1. The molecule has 1 aliphatic rings. The molecule has 0 fully saturated rings. The van der Waals surface area contributed by atoms with Gasteiger partial charge in [0.05, 0.1) is 17.5 Å². The molecule has 2 aromatic rings. The van der Waals surface area contributed by atoms with Crippen molar-refractivity contribution in [3.63, 3.8) is 0 Å². The van der Waals surface area contributed by atoms with Crippen LogP contribution in [-0.2, 0) is 0 Å². The number of hydrogen-bond acceptors (Lipinski definition) is 3. The molecule has 1 amide bonds. The molecule has 1 aromatic heterocycles. The molecular weight excluding hydrogens is 294 g/mol. The molecular formula is C15H14ClNO2S. The van der Waals surface area contributed by atoms with E-state index in [-0.39, 0.29) is 11.3 Å². The van der Waals surface area contributed by atoms with Crippen LogP contribution >= 0.6 is 22.9 Å². The quantitative estimate of drug-likeness (QED) is 0.862. The summed E-state index contributed by atoms with van der Waals surface area (Å²) in [6, 6.07) is 5.57. The minimum Gasteiger partial charge on any atom is -0.491 e. The van der Waals surface area contributed by atoms with Crippen molar-refractivity contribution in [2.24, 2.45) is 0 Å². The Hall–Kier alpha value is -1.52. The van der Waals surface area contributed by atoms with E-state index in [0.717, 1.165) is 11.1 Å². The summed E-state index contributed by atoms with van der Waals surface area (Å²) >= 11 is 8.18. The fraction of sp³-hybridized carbons (Fsp3) is 0.267. The molecule has 0 aliphatic carbocycles. The van der Waals surface area contributed by atoms with Crippen LogP contribution in [0.5, 0.6) is 5.75 Å². The van der Waals surface area contributed by atoms with E-state index in [1.54, 1.807) is 11.3 Å². The predicted octanol–water partition coefficient (Wildman–Crippen LogP) is 3.51. The van der Waals surface area contributed by atoms with Crippen molar-refractivity contribution in [2.75, 3.05) is 13.2 Å². The topological polar surface area (TPSA) is 38.3 Å². The van der Waals surface area contributed by atoms with Crippen LogP contribution in [0, 0.1) is 6.92 Å². The van der Waals surface area contributed by atoms with Gasteiger partial charge in [-0.05, 0) is 46.5 Å². The molecule has 1 unspecified atom stereocenters. The van der Waals surface area contributed by atoms with Gasteiger partial charge in [-0.1, -0.05) is 6.07 Å². The second-order valence-electron chi connectivity index (χ2n) is 4.73. The average molecular weight is 308 g/mol. The number of thiophene rings is 1. The maximum atomic E-state index is 12.0. The molecule has 104 valence electrons. The van der Waals surface area contributed by atoms with Gasteiger partial charge in [-0.15, -0.1) is 11.6 Å². The summed E-state index contributed by atoms with van der Waals surface area (Å²) < 4.78 is 5.54. The Morgan fingerprint density at radius 3 is 3.00 bits per heavy atom. The lowest BCUT2D eigenvalue weighted by atomic mass is 10.0. The smallest absolute Gasteiger partial charge is 0.255 e. The zero-order valence-electron chi connectivity index (χ0n) is 11.0. The van der Waals surface area contributed by atoms with E-state index in [1.165, 1.54) is 5.56 Å². The van der Waals surface area contributed by atoms with Crippen molar-refractivity contribution in [1.82, 2.24) is 5.32 Å². The van der Waals surface area contributed by atoms with Gasteiger partial charge >= 0.3 is 0 Å². The minimum atomic E-state index is -0.248. The van der Waals surface area contributed by atoms with Gasteiger partial charge in [0.25, 0.3) is 5.91 Å². The average Bonchev–Trinajstić information content (AvgIpc) is 2.79. The fourth-order valence-corrected chi connectivity index (χ4v) is 3.56. The van der Waals surface area contributed by atoms with Crippen LogP contribution in [0.15, 0.2) is 29.0 Å². The van der Waals surface area contributed by atoms with Crippen LogP contribution in [0.4, 0.5) is 0 Å². The van der Waals surface area contributed by atoms with Gasteiger partial charge in [-0.25, -0.2) is 0 Å². The van der Waals surface area contributed by atoms with Crippen LogP contribution in [0.25, 0.3) is 0 Å². The first-order chi connectivity index (χ1) is 9.66. The number of rotatable bonds is 2. The number of amides is 1. The number of nitrogens with one attached hydrogen (secondary N) is 1. The number of ether oxygens (including phenoxy) is 1. The highest BCUT2D eigenvalue weighted by Crippen LogP contribution is 2.35. The summed E-state index contributed by atoms with van der Waals surface area (Å²) in [6.45, 7) is 3.06. The zero-order valence-corrected chi connectivity index (χ0v) is 12.6. The molecule has 3 rings (SSSR count). The molecule has 1 aliphatic heterocycles. The highest BCUT2D eigenvalue weighted by molar-refractivity contribution is 7.08. The molecule has 1 atom stereocenters. The number of carbonyl (C=O) groups is 1. The first-order valence-corrected chi connectivity index (χ1v) is 7.76. The first kappa shape index (κ1) is 13.5. The summed E-state index contributed by atoms with van der Waals surface area (Å²) in [5.41, 5.74) is 3.73. The third-order valence-electron chi connectivity index (χ3n) is 3.35. The molecule has 0 radical (unpaired) electrons. The molecule has 20 heavy (non-hydrogen) atoms. The van der Waals surface area contributed by atoms with Crippen LogP contribution in [-0.4, -0.2) is 19.1 Å². The van der Waals surface area contributed by atoms with Gasteiger partial charge in [0.2, 0.25) is 0 Å². The second kappa shape index (κ2) is 5.46. The Bertz CT molecular complexity index is 653. The van der Waals surface area contributed by atoms with E-state index in [0.29, 0.717) is 24.5 Å².